The Labute approximate surface area is 658 Å². The van der Waals surface area contributed by atoms with Crippen molar-refractivity contribution in [3.8, 4) is 0 Å². The number of phosphoric acid groups is 2. The molecule has 0 aliphatic carbocycles. The van der Waals surface area contributed by atoms with Crippen molar-refractivity contribution in [2.75, 3.05) is 39.6 Å². The van der Waals surface area contributed by atoms with Gasteiger partial charge >= 0.3 is 39.5 Å². The van der Waals surface area contributed by atoms with E-state index in [4.69, 9.17) is 37.0 Å². The number of aliphatic hydroxyl groups excluding tert-OH is 1. The summed E-state index contributed by atoms with van der Waals surface area (Å²) in [5.74, 6) is 1.07. The quantitative estimate of drug-likeness (QED) is 0.0222. The monoisotopic (exact) mass is 1560 g/mol. The second kappa shape index (κ2) is 76.7. The minimum Gasteiger partial charge on any atom is -0.462 e. The Morgan fingerprint density at radius 2 is 0.449 bits per heavy atom. The van der Waals surface area contributed by atoms with Crippen LogP contribution < -0.4 is 0 Å². The smallest absolute Gasteiger partial charge is 0.462 e. The van der Waals surface area contributed by atoms with Gasteiger partial charge in [0.15, 0.2) is 12.2 Å². The Bertz CT molecular complexity index is 2080. The first kappa shape index (κ1) is 105. The van der Waals surface area contributed by atoms with Crippen LogP contribution in [-0.4, -0.2) is 96.7 Å². The number of carbonyl (C=O) groups excluding carboxylic acids is 4. The molecule has 0 aliphatic rings. The Balaban J connectivity index is 5.22. The van der Waals surface area contributed by atoms with Gasteiger partial charge in [-0.1, -0.05) is 409 Å². The lowest BCUT2D eigenvalue weighted by Crippen LogP contribution is -2.30. The van der Waals surface area contributed by atoms with Crippen LogP contribution in [0.5, 0.6) is 0 Å². The number of aliphatic hydroxyl groups is 1. The zero-order valence-electron chi connectivity index (χ0n) is 70.8. The van der Waals surface area contributed by atoms with Gasteiger partial charge in [0.25, 0.3) is 0 Å². The molecule has 17 nitrogen and oxygen atoms in total. The molecule has 0 amide bonds. The van der Waals surface area contributed by atoms with Crippen LogP contribution in [0.25, 0.3) is 0 Å². The number of esters is 4. The molecule has 0 saturated carbocycles. The topological polar surface area (TPSA) is 237 Å². The molecule has 0 fully saturated rings. The summed E-state index contributed by atoms with van der Waals surface area (Å²) in [5.41, 5.74) is 0. The van der Waals surface area contributed by atoms with E-state index in [0.717, 1.165) is 114 Å². The van der Waals surface area contributed by atoms with Crippen LogP contribution in [0.2, 0.25) is 0 Å². The number of carbonyl (C=O) groups is 4. The predicted molar refractivity (Wildman–Crippen MR) is 441 cm³/mol. The molecule has 6 atom stereocenters. The van der Waals surface area contributed by atoms with Crippen molar-refractivity contribution in [3.63, 3.8) is 0 Å². The molecule has 0 aromatic rings. The summed E-state index contributed by atoms with van der Waals surface area (Å²) in [6, 6.07) is 0. The Morgan fingerprint density at radius 3 is 0.664 bits per heavy atom. The van der Waals surface area contributed by atoms with Gasteiger partial charge in [-0.3, -0.25) is 37.3 Å². The highest BCUT2D eigenvalue weighted by Crippen LogP contribution is 2.45. The Kier molecular flexibility index (Phi) is 75.3. The van der Waals surface area contributed by atoms with Crippen LogP contribution >= 0.6 is 15.6 Å². The summed E-state index contributed by atoms with van der Waals surface area (Å²) in [6.07, 6.45) is 66.8. The molecule has 636 valence electrons. The molecule has 0 aliphatic heterocycles. The molecule has 0 radical (unpaired) electrons. The zero-order chi connectivity index (χ0) is 78.8. The lowest BCUT2D eigenvalue weighted by atomic mass is 9.99. The summed E-state index contributed by atoms with van der Waals surface area (Å²) in [6.45, 7) is 14.3. The van der Waals surface area contributed by atoms with E-state index in [1.807, 2.05) is 0 Å². The van der Waals surface area contributed by atoms with Crippen LogP contribution in [0.4, 0.5) is 0 Å². The molecule has 19 heteroatoms. The molecule has 0 aromatic heterocycles. The van der Waals surface area contributed by atoms with Crippen molar-refractivity contribution in [1.29, 1.82) is 0 Å². The first-order valence-corrected chi connectivity index (χ1v) is 48.2. The number of rotatable bonds is 85. The highest BCUT2D eigenvalue weighted by molar-refractivity contribution is 7.47. The summed E-state index contributed by atoms with van der Waals surface area (Å²) in [7, 11) is -9.93. The summed E-state index contributed by atoms with van der Waals surface area (Å²) in [5, 5.41) is 10.7. The van der Waals surface area contributed by atoms with Gasteiger partial charge < -0.3 is 33.8 Å². The first-order valence-electron chi connectivity index (χ1n) is 45.2. The van der Waals surface area contributed by atoms with Gasteiger partial charge in [0.05, 0.1) is 26.4 Å². The van der Waals surface area contributed by atoms with Gasteiger partial charge in [-0.05, 0) is 49.4 Å². The first-order chi connectivity index (χ1) is 51.6. The van der Waals surface area contributed by atoms with Gasteiger partial charge in [-0.25, -0.2) is 9.13 Å². The minimum absolute atomic E-state index is 0.105. The molecule has 0 spiro atoms. The number of hydrogen-bond donors (Lipinski definition) is 3. The SMILES string of the molecule is CCC(C)CCCCCCCCCCCCCCCCCCCCC(=O)OC[C@H](COP(=O)(O)OCC(O)COP(=O)(O)OC[C@@H](COC(=O)CCCCCCCCCCC(C)C)OC(=O)CCCCCCCCCCCCC(C)C)OC(=O)CCCCCCCCCCCCCCCCCCCCC(C)C. The standard InChI is InChI=1S/C88H172O17P2/c1-9-81(8)67-59-51-43-34-27-23-19-15-11-13-16-20-24-28-35-44-52-60-68-85(90)98-74-83(104-87(92)70-62-54-46-36-29-25-21-17-12-10-14-18-22-26-32-40-48-56-64-78(2)3)76-102-106(94,95)100-72-82(89)73-101-107(96,97)103-77-84(75-99-86(91)69-61-53-45-39-38-42-50-58-66-80(6)7)105-88(93)71-63-55-47-37-31-30-33-41-49-57-65-79(4)5/h78-84,89H,9-77H2,1-8H3,(H,94,95)(H,96,97)/t81?,82?,83-,84-/m1/s1. The van der Waals surface area contributed by atoms with Crippen molar-refractivity contribution in [2.24, 2.45) is 23.7 Å². The Morgan fingerprint density at radius 1 is 0.262 bits per heavy atom. The van der Waals surface area contributed by atoms with E-state index in [1.54, 1.807) is 0 Å². The van der Waals surface area contributed by atoms with E-state index in [-0.39, 0.29) is 25.7 Å². The van der Waals surface area contributed by atoms with E-state index >= 15 is 0 Å². The second-order valence-electron chi connectivity index (χ2n) is 33.3. The fourth-order valence-corrected chi connectivity index (χ4v) is 15.2. The number of hydrogen-bond acceptors (Lipinski definition) is 15. The molecule has 107 heavy (non-hydrogen) atoms. The van der Waals surface area contributed by atoms with Crippen molar-refractivity contribution < 1.29 is 80.2 Å². The lowest BCUT2D eigenvalue weighted by Gasteiger charge is -2.21. The van der Waals surface area contributed by atoms with E-state index in [2.05, 4.69) is 55.4 Å². The highest BCUT2D eigenvalue weighted by Gasteiger charge is 2.31. The molecule has 0 rings (SSSR count). The molecule has 0 saturated heterocycles. The van der Waals surface area contributed by atoms with Crippen LogP contribution in [0.3, 0.4) is 0 Å². The number of phosphoric ester groups is 2. The maximum Gasteiger partial charge on any atom is 0.472 e. The maximum absolute atomic E-state index is 13.2. The van der Waals surface area contributed by atoms with Crippen LogP contribution in [0.15, 0.2) is 0 Å². The normalized spacial score (nSPS) is 14.1. The molecule has 0 bridgehead atoms. The van der Waals surface area contributed by atoms with Crippen molar-refractivity contribution in [2.45, 2.75) is 478 Å². The van der Waals surface area contributed by atoms with Gasteiger partial charge in [-0.2, -0.15) is 0 Å². The molecule has 3 N–H and O–H groups in total. The van der Waals surface area contributed by atoms with E-state index in [0.29, 0.717) is 25.7 Å². The third-order valence-electron chi connectivity index (χ3n) is 20.9. The molecular weight excluding hydrogens is 1390 g/mol. The molecule has 0 aromatic carbocycles. The van der Waals surface area contributed by atoms with E-state index in [1.165, 1.54) is 263 Å². The second-order valence-corrected chi connectivity index (χ2v) is 36.2. The van der Waals surface area contributed by atoms with E-state index in [9.17, 15) is 43.2 Å². The molecule has 4 unspecified atom stereocenters. The van der Waals surface area contributed by atoms with Crippen LogP contribution in [0.1, 0.15) is 460 Å². The summed E-state index contributed by atoms with van der Waals surface area (Å²) >= 11 is 0. The summed E-state index contributed by atoms with van der Waals surface area (Å²) in [4.78, 5) is 73.2. The van der Waals surface area contributed by atoms with Gasteiger partial charge in [0.1, 0.15) is 19.3 Å². The number of ether oxygens (including phenoxy) is 4. The molecule has 0 heterocycles. The summed E-state index contributed by atoms with van der Waals surface area (Å²) < 4.78 is 68.9. The number of unbranched alkanes of at least 4 members (excludes halogenated alkanes) is 50. The van der Waals surface area contributed by atoms with Gasteiger partial charge in [0, 0.05) is 25.7 Å². The fourth-order valence-electron chi connectivity index (χ4n) is 13.6. The largest absolute Gasteiger partial charge is 0.472 e. The fraction of sp³-hybridized carbons (Fsp3) is 0.955. The van der Waals surface area contributed by atoms with Crippen molar-refractivity contribution in [1.82, 2.24) is 0 Å². The maximum atomic E-state index is 13.2. The average Bonchev–Trinajstić information content (AvgIpc) is 0.904. The van der Waals surface area contributed by atoms with Crippen molar-refractivity contribution in [3.05, 3.63) is 0 Å². The van der Waals surface area contributed by atoms with E-state index < -0.39 is 97.5 Å². The van der Waals surface area contributed by atoms with Crippen molar-refractivity contribution >= 4 is 39.5 Å². The minimum atomic E-state index is -4.97. The van der Waals surface area contributed by atoms with Gasteiger partial charge in [0.2, 0.25) is 0 Å². The zero-order valence-corrected chi connectivity index (χ0v) is 72.6. The highest BCUT2D eigenvalue weighted by atomic mass is 31.2. The van der Waals surface area contributed by atoms with Crippen LogP contribution in [0, 0.1) is 23.7 Å². The van der Waals surface area contributed by atoms with Gasteiger partial charge in [-0.15, -0.1) is 0 Å². The third kappa shape index (κ3) is 80.5. The lowest BCUT2D eigenvalue weighted by molar-refractivity contribution is -0.161. The Hall–Kier alpha value is -1.94. The predicted octanol–water partition coefficient (Wildman–Crippen LogP) is 26.7. The molecular formula is C88H172O17P2. The average molecular weight is 1560 g/mol. The third-order valence-corrected chi connectivity index (χ3v) is 22.8. The van der Waals surface area contributed by atoms with Crippen LogP contribution in [-0.2, 0) is 65.4 Å².